The van der Waals surface area contributed by atoms with E-state index in [1.165, 1.54) is 0 Å². The molecule has 1 saturated carbocycles. The van der Waals surface area contributed by atoms with Crippen molar-refractivity contribution in [3.63, 3.8) is 0 Å². The van der Waals surface area contributed by atoms with Crippen LogP contribution < -0.4 is 0 Å². The van der Waals surface area contributed by atoms with Crippen LogP contribution in [0.25, 0.3) is 0 Å². The second-order valence-corrected chi connectivity index (χ2v) is 3.64. The monoisotopic (exact) mass is 193 g/mol. The Bertz CT molecular complexity index is 128. The highest BCUT2D eigenvalue weighted by Crippen LogP contribution is 2.26. The number of rotatable bonds is 1. The van der Waals surface area contributed by atoms with E-state index in [1.807, 2.05) is 0 Å². The Morgan fingerprint density at radius 3 is 2.44 bits per heavy atom. The fraction of sp³-hybridized carbons (Fsp3) is 1.00. The van der Waals surface area contributed by atoms with Crippen molar-refractivity contribution in [1.82, 2.24) is 0 Å². The first kappa shape index (κ1) is 6.99. The van der Waals surface area contributed by atoms with Crippen LogP contribution in [0.2, 0.25) is 0 Å². The van der Waals surface area contributed by atoms with Gasteiger partial charge in [0, 0.05) is 22.6 Å². The van der Waals surface area contributed by atoms with Crippen molar-refractivity contribution in [2.75, 3.05) is 0 Å². The summed E-state index contributed by atoms with van der Waals surface area (Å²) in [7, 11) is 0. The van der Waals surface area contributed by atoms with Crippen LogP contribution in [0.3, 0.4) is 0 Å². The summed E-state index contributed by atoms with van der Waals surface area (Å²) < 4.78 is 0. The van der Waals surface area contributed by atoms with Gasteiger partial charge in [0.15, 0.2) is 0 Å². The molecule has 1 fully saturated rings. The summed E-state index contributed by atoms with van der Waals surface area (Å²) in [6.07, 6.45) is 2.39. The summed E-state index contributed by atoms with van der Waals surface area (Å²) in [5, 5.41) is 10.1. The van der Waals surface area contributed by atoms with Gasteiger partial charge in [0.1, 0.15) is 0 Å². The van der Waals surface area contributed by atoms with Gasteiger partial charge in [-0.25, -0.2) is 0 Å². The maximum absolute atomic E-state index is 10.1. The molecule has 0 bridgehead atoms. The van der Waals surface area contributed by atoms with Crippen LogP contribution in [0, 0.1) is 10.1 Å². The molecule has 0 spiro atoms. The number of halogens is 1. The van der Waals surface area contributed by atoms with Crippen LogP contribution in [-0.4, -0.2) is 15.8 Å². The fourth-order valence-corrected chi connectivity index (χ4v) is 1.79. The Kier molecular flexibility index (Phi) is 2.05. The Morgan fingerprint density at radius 1 is 1.56 bits per heavy atom. The zero-order valence-electron chi connectivity index (χ0n) is 4.92. The van der Waals surface area contributed by atoms with Crippen molar-refractivity contribution >= 4 is 15.9 Å². The topological polar surface area (TPSA) is 43.1 Å². The number of alkyl halides is 1. The summed E-state index contributed by atoms with van der Waals surface area (Å²) >= 11 is 3.34. The summed E-state index contributed by atoms with van der Waals surface area (Å²) in [5.74, 6) is 0. The second-order valence-electron chi connectivity index (χ2n) is 2.35. The Balaban J connectivity index is 2.39. The molecule has 0 aliphatic heterocycles. The van der Waals surface area contributed by atoms with Crippen LogP contribution in [0.15, 0.2) is 0 Å². The van der Waals surface area contributed by atoms with Crippen LogP contribution in [-0.2, 0) is 0 Å². The maximum Gasteiger partial charge on any atom is 0.214 e. The van der Waals surface area contributed by atoms with Gasteiger partial charge < -0.3 is 0 Å². The quantitative estimate of drug-likeness (QED) is 0.361. The van der Waals surface area contributed by atoms with Crippen molar-refractivity contribution < 1.29 is 4.92 Å². The van der Waals surface area contributed by atoms with Gasteiger partial charge >= 0.3 is 0 Å². The number of nitrogens with zero attached hydrogens (tertiary/aromatic N) is 1. The van der Waals surface area contributed by atoms with E-state index in [0.29, 0.717) is 11.2 Å². The minimum absolute atomic E-state index is 0.179. The lowest BCUT2D eigenvalue weighted by Crippen LogP contribution is -2.14. The molecule has 1 aliphatic carbocycles. The zero-order valence-corrected chi connectivity index (χ0v) is 6.50. The number of hydrogen-bond acceptors (Lipinski definition) is 2. The van der Waals surface area contributed by atoms with E-state index in [1.54, 1.807) is 0 Å². The molecule has 9 heavy (non-hydrogen) atoms. The Hall–Kier alpha value is -0.120. The molecule has 52 valence electrons. The van der Waals surface area contributed by atoms with Gasteiger partial charge in [-0.05, 0) is 6.42 Å². The molecule has 2 atom stereocenters. The summed E-state index contributed by atoms with van der Waals surface area (Å²) in [4.78, 5) is 10.3. The van der Waals surface area contributed by atoms with Crippen LogP contribution in [0.5, 0.6) is 0 Å². The smallest absolute Gasteiger partial charge is 0.214 e. The van der Waals surface area contributed by atoms with Gasteiger partial charge in [-0.2, -0.15) is 0 Å². The third-order valence-corrected chi connectivity index (χ3v) is 2.47. The molecule has 1 aliphatic rings. The van der Waals surface area contributed by atoms with Crippen molar-refractivity contribution in [3.8, 4) is 0 Å². The third-order valence-electron chi connectivity index (χ3n) is 1.64. The molecule has 4 heteroatoms. The molecule has 0 aromatic rings. The lowest BCUT2D eigenvalue weighted by molar-refractivity contribution is -0.520. The highest BCUT2D eigenvalue weighted by atomic mass is 79.9. The molecule has 0 N–H and O–H groups in total. The Morgan fingerprint density at radius 2 is 2.22 bits per heavy atom. The van der Waals surface area contributed by atoms with Gasteiger partial charge in [0.25, 0.3) is 0 Å². The molecule has 1 rings (SSSR count). The third kappa shape index (κ3) is 1.64. The molecule has 0 amide bonds. The number of nitro groups is 1. The predicted molar refractivity (Wildman–Crippen MR) is 37.3 cm³/mol. The average Bonchev–Trinajstić information content (AvgIpc) is 2.14. The van der Waals surface area contributed by atoms with E-state index >= 15 is 0 Å². The molecular formula is C5H8BrNO2. The van der Waals surface area contributed by atoms with E-state index < -0.39 is 0 Å². The van der Waals surface area contributed by atoms with Crippen LogP contribution >= 0.6 is 15.9 Å². The predicted octanol–water partition coefficient (Wildman–Crippen LogP) is 1.58. The minimum atomic E-state index is -0.283. The first-order chi connectivity index (χ1) is 4.20. The highest BCUT2D eigenvalue weighted by Gasteiger charge is 2.30. The zero-order chi connectivity index (χ0) is 6.85. The van der Waals surface area contributed by atoms with Gasteiger partial charge in [0.05, 0.1) is 0 Å². The van der Waals surface area contributed by atoms with E-state index in [-0.39, 0.29) is 11.0 Å². The molecule has 0 aromatic heterocycles. The van der Waals surface area contributed by atoms with Crippen molar-refractivity contribution in [1.29, 1.82) is 0 Å². The maximum atomic E-state index is 10.1. The average molecular weight is 194 g/mol. The fourth-order valence-electron chi connectivity index (χ4n) is 1.10. The molecule has 0 aromatic carbocycles. The largest absolute Gasteiger partial charge is 0.264 e. The van der Waals surface area contributed by atoms with Gasteiger partial charge in [-0.15, -0.1) is 0 Å². The van der Waals surface area contributed by atoms with Crippen LogP contribution in [0.4, 0.5) is 0 Å². The van der Waals surface area contributed by atoms with E-state index in [2.05, 4.69) is 15.9 Å². The van der Waals surface area contributed by atoms with Crippen molar-refractivity contribution in [3.05, 3.63) is 10.1 Å². The summed E-state index contributed by atoms with van der Waals surface area (Å²) in [5.41, 5.74) is 0. The molecule has 0 radical (unpaired) electrons. The molecule has 0 saturated heterocycles. The van der Waals surface area contributed by atoms with E-state index in [4.69, 9.17) is 0 Å². The molecular weight excluding hydrogens is 186 g/mol. The second kappa shape index (κ2) is 2.64. The van der Waals surface area contributed by atoms with Crippen LogP contribution in [0.1, 0.15) is 19.3 Å². The Labute approximate surface area is 61.7 Å². The van der Waals surface area contributed by atoms with Gasteiger partial charge in [-0.3, -0.25) is 10.1 Å². The highest BCUT2D eigenvalue weighted by molar-refractivity contribution is 9.09. The SMILES string of the molecule is O=[N+]([O-])C1CCC(Br)C1. The van der Waals surface area contributed by atoms with Crippen molar-refractivity contribution in [2.45, 2.75) is 30.1 Å². The standard InChI is InChI=1S/C5H8BrNO2/c6-4-1-2-5(3-4)7(8)9/h4-5H,1-3H2. The van der Waals surface area contributed by atoms with E-state index in [0.717, 1.165) is 12.8 Å². The van der Waals surface area contributed by atoms with E-state index in [9.17, 15) is 10.1 Å². The van der Waals surface area contributed by atoms with Crippen molar-refractivity contribution in [2.24, 2.45) is 0 Å². The number of hydrogen-bond donors (Lipinski definition) is 0. The minimum Gasteiger partial charge on any atom is -0.264 e. The van der Waals surface area contributed by atoms with Gasteiger partial charge in [0.2, 0.25) is 6.04 Å². The lowest BCUT2D eigenvalue weighted by atomic mass is 10.3. The molecule has 0 heterocycles. The first-order valence-electron chi connectivity index (χ1n) is 2.97. The normalized spacial score (nSPS) is 34.8. The first-order valence-corrected chi connectivity index (χ1v) is 3.89. The lowest BCUT2D eigenvalue weighted by Gasteiger charge is -1.96. The molecule has 2 unspecified atom stereocenters. The summed E-state index contributed by atoms with van der Waals surface area (Å²) in [6, 6.07) is -0.283. The summed E-state index contributed by atoms with van der Waals surface area (Å²) in [6.45, 7) is 0. The molecule has 3 nitrogen and oxygen atoms in total. The van der Waals surface area contributed by atoms with Gasteiger partial charge in [-0.1, -0.05) is 15.9 Å².